The van der Waals surface area contributed by atoms with Crippen LogP contribution < -0.4 is 14.8 Å². The summed E-state index contributed by atoms with van der Waals surface area (Å²) in [6, 6.07) is 8.84. The Morgan fingerprint density at radius 3 is 2.62 bits per heavy atom. The van der Waals surface area contributed by atoms with Gasteiger partial charge in [0.1, 0.15) is 0 Å². The number of hydrogen-bond donors (Lipinski definition) is 1. The molecule has 21 heavy (non-hydrogen) atoms. The minimum absolute atomic E-state index is 0.346. The van der Waals surface area contributed by atoms with Crippen LogP contribution in [0, 0.1) is 0 Å². The number of rotatable bonds is 3. The van der Waals surface area contributed by atoms with E-state index in [-0.39, 0.29) is 0 Å². The third kappa shape index (κ3) is 2.40. The molecule has 0 radical (unpaired) electrons. The summed E-state index contributed by atoms with van der Waals surface area (Å²) in [7, 11) is 2.29. The fourth-order valence-corrected chi connectivity index (χ4v) is 4.18. The lowest BCUT2D eigenvalue weighted by molar-refractivity contribution is 0.144. The molecule has 114 valence electrons. The Hall–Kier alpha value is -1.26. The maximum atomic E-state index is 5.48. The lowest BCUT2D eigenvalue weighted by atomic mass is 9.96. The van der Waals surface area contributed by atoms with E-state index in [4.69, 9.17) is 9.47 Å². The lowest BCUT2D eigenvalue weighted by Gasteiger charge is -2.38. The van der Waals surface area contributed by atoms with Crippen LogP contribution in [0.25, 0.3) is 0 Å². The molecule has 2 fully saturated rings. The highest BCUT2D eigenvalue weighted by Crippen LogP contribution is 2.37. The van der Waals surface area contributed by atoms with Crippen LogP contribution in [0.5, 0.6) is 11.5 Å². The molecule has 0 saturated carbocycles. The van der Waals surface area contributed by atoms with E-state index in [1.807, 2.05) is 6.07 Å². The first-order chi connectivity index (χ1) is 10.2. The van der Waals surface area contributed by atoms with Gasteiger partial charge in [0.05, 0.1) is 0 Å². The Kier molecular flexibility index (Phi) is 3.31. The molecule has 0 aliphatic carbocycles. The molecule has 1 aromatic rings. The zero-order chi connectivity index (χ0) is 14.4. The van der Waals surface area contributed by atoms with Crippen LogP contribution in [0.4, 0.5) is 0 Å². The van der Waals surface area contributed by atoms with Gasteiger partial charge in [-0.15, -0.1) is 0 Å². The van der Waals surface area contributed by atoms with Gasteiger partial charge < -0.3 is 19.7 Å². The fraction of sp³-hybridized carbons (Fsp3) is 0.647. The molecule has 1 aromatic carbocycles. The van der Waals surface area contributed by atoms with Gasteiger partial charge in [-0.3, -0.25) is 0 Å². The highest BCUT2D eigenvalue weighted by molar-refractivity contribution is 5.45. The normalized spacial score (nSPS) is 32.4. The zero-order valence-electron chi connectivity index (χ0n) is 12.8. The maximum Gasteiger partial charge on any atom is 0.231 e. The number of nitrogens with zero attached hydrogens (tertiary/aromatic N) is 1. The van der Waals surface area contributed by atoms with E-state index in [1.165, 1.54) is 31.2 Å². The lowest BCUT2D eigenvalue weighted by Crippen LogP contribution is -2.47. The Labute approximate surface area is 126 Å². The smallest absolute Gasteiger partial charge is 0.231 e. The summed E-state index contributed by atoms with van der Waals surface area (Å²) >= 11 is 0. The van der Waals surface area contributed by atoms with E-state index in [0.717, 1.165) is 23.6 Å². The van der Waals surface area contributed by atoms with Crippen LogP contribution in [-0.4, -0.2) is 36.9 Å². The molecule has 3 atom stereocenters. The van der Waals surface area contributed by atoms with Gasteiger partial charge in [-0.2, -0.15) is 0 Å². The SMILES string of the molecule is CC(NC1CC2CCC(C1)N2C)c1ccc2c(c1)OCO2. The summed E-state index contributed by atoms with van der Waals surface area (Å²) in [5.74, 6) is 1.74. The van der Waals surface area contributed by atoms with Gasteiger partial charge in [-0.05, 0) is 57.4 Å². The molecular formula is C17H24N2O2. The summed E-state index contributed by atoms with van der Waals surface area (Å²) in [4.78, 5) is 2.59. The summed E-state index contributed by atoms with van der Waals surface area (Å²) in [5, 5.41) is 3.82. The number of ether oxygens (including phenoxy) is 2. The monoisotopic (exact) mass is 288 g/mol. The summed E-state index contributed by atoms with van der Waals surface area (Å²) in [6.45, 7) is 2.59. The summed E-state index contributed by atoms with van der Waals surface area (Å²) < 4.78 is 10.9. The van der Waals surface area contributed by atoms with E-state index in [9.17, 15) is 0 Å². The van der Waals surface area contributed by atoms with Crippen molar-refractivity contribution in [2.75, 3.05) is 13.8 Å². The second kappa shape index (κ2) is 5.18. The number of benzene rings is 1. The summed E-state index contributed by atoms with van der Waals surface area (Å²) in [5.41, 5.74) is 1.28. The molecule has 2 saturated heterocycles. The minimum Gasteiger partial charge on any atom is -0.454 e. The average Bonchev–Trinajstić information content (AvgIpc) is 3.01. The minimum atomic E-state index is 0.346. The molecule has 4 heteroatoms. The van der Waals surface area contributed by atoms with Crippen molar-refractivity contribution in [2.24, 2.45) is 0 Å². The van der Waals surface area contributed by atoms with Gasteiger partial charge >= 0.3 is 0 Å². The van der Waals surface area contributed by atoms with Crippen LogP contribution in [0.3, 0.4) is 0 Å². The first kappa shape index (κ1) is 13.4. The standard InChI is InChI=1S/C17H24N2O2/c1-11(12-3-6-16-17(7-12)21-10-20-16)18-13-8-14-4-5-15(9-13)19(14)2/h3,6-7,11,13-15,18H,4-5,8-10H2,1-2H3. The molecule has 3 unspecified atom stereocenters. The Morgan fingerprint density at radius 2 is 1.86 bits per heavy atom. The van der Waals surface area contributed by atoms with Gasteiger partial charge in [0.2, 0.25) is 6.79 Å². The molecule has 4 rings (SSSR count). The van der Waals surface area contributed by atoms with Gasteiger partial charge in [0.15, 0.2) is 11.5 Å². The molecule has 0 spiro atoms. The zero-order valence-corrected chi connectivity index (χ0v) is 12.8. The van der Waals surface area contributed by atoms with E-state index in [2.05, 4.69) is 36.3 Å². The molecule has 3 aliphatic heterocycles. The predicted molar refractivity (Wildman–Crippen MR) is 81.7 cm³/mol. The van der Waals surface area contributed by atoms with Crippen LogP contribution in [0.2, 0.25) is 0 Å². The van der Waals surface area contributed by atoms with Gasteiger partial charge in [-0.25, -0.2) is 0 Å². The third-order valence-electron chi connectivity index (χ3n) is 5.48. The second-order valence-electron chi connectivity index (χ2n) is 6.72. The highest BCUT2D eigenvalue weighted by Gasteiger charge is 2.38. The van der Waals surface area contributed by atoms with Gasteiger partial charge in [0, 0.05) is 24.2 Å². The number of nitrogens with one attached hydrogen (secondary N) is 1. The molecule has 0 aromatic heterocycles. The first-order valence-electron chi connectivity index (χ1n) is 8.08. The fourth-order valence-electron chi connectivity index (χ4n) is 4.18. The molecular weight excluding hydrogens is 264 g/mol. The van der Waals surface area contributed by atoms with Crippen molar-refractivity contribution in [1.29, 1.82) is 0 Å². The number of fused-ring (bicyclic) bond motifs is 3. The molecule has 0 amide bonds. The van der Waals surface area contributed by atoms with Crippen molar-refractivity contribution in [3.05, 3.63) is 23.8 Å². The van der Waals surface area contributed by atoms with Crippen molar-refractivity contribution in [2.45, 2.75) is 56.8 Å². The number of hydrogen-bond acceptors (Lipinski definition) is 4. The predicted octanol–water partition coefficient (Wildman–Crippen LogP) is 2.69. The Balaban J connectivity index is 1.43. The van der Waals surface area contributed by atoms with Crippen molar-refractivity contribution in [1.82, 2.24) is 10.2 Å². The van der Waals surface area contributed by atoms with Crippen LogP contribution in [0.1, 0.15) is 44.2 Å². The Bertz CT molecular complexity index is 520. The van der Waals surface area contributed by atoms with Crippen molar-refractivity contribution in [3.63, 3.8) is 0 Å². The van der Waals surface area contributed by atoms with E-state index >= 15 is 0 Å². The van der Waals surface area contributed by atoms with Gasteiger partial charge in [0.25, 0.3) is 0 Å². The molecule has 2 bridgehead atoms. The van der Waals surface area contributed by atoms with Crippen molar-refractivity contribution >= 4 is 0 Å². The van der Waals surface area contributed by atoms with Crippen molar-refractivity contribution < 1.29 is 9.47 Å². The Morgan fingerprint density at radius 1 is 1.14 bits per heavy atom. The first-order valence-corrected chi connectivity index (χ1v) is 8.08. The van der Waals surface area contributed by atoms with Crippen LogP contribution in [0.15, 0.2) is 18.2 Å². The van der Waals surface area contributed by atoms with E-state index in [0.29, 0.717) is 18.9 Å². The maximum absolute atomic E-state index is 5.48. The number of piperidine rings is 1. The molecule has 1 N–H and O–H groups in total. The van der Waals surface area contributed by atoms with E-state index in [1.54, 1.807) is 0 Å². The molecule has 4 nitrogen and oxygen atoms in total. The average molecular weight is 288 g/mol. The van der Waals surface area contributed by atoms with Gasteiger partial charge in [-0.1, -0.05) is 6.07 Å². The topological polar surface area (TPSA) is 33.7 Å². The molecule has 3 aliphatic rings. The molecule has 3 heterocycles. The van der Waals surface area contributed by atoms with Crippen LogP contribution >= 0.6 is 0 Å². The summed E-state index contributed by atoms with van der Waals surface area (Å²) in [6.07, 6.45) is 5.30. The van der Waals surface area contributed by atoms with E-state index < -0.39 is 0 Å². The van der Waals surface area contributed by atoms with Crippen molar-refractivity contribution in [3.8, 4) is 11.5 Å². The third-order valence-corrected chi connectivity index (χ3v) is 5.48. The quantitative estimate of drug-likeness (QED) is 0.927. The highest BCUT2D eigenvalue weighted by atomic mass is 16.7. The largest absolute Gasteiger partial charge is 0.454 e. The van der Waals surface area contributed by atoms with Crippen LogP contribution in [-0.2, 0) is 0 Å². The second-order valence-corrected chi connectivity index (χ2v) is 6.72.